The SMILES string of the molecule is Cc1ccccc1CSCCNC(=O)C(C)N(c1ccc(Cl)cc1)S(C)(=O)=O. The molecular weight excluding hydrogens is 416 g/mol. The molecule has 1 amide bonds. The van der Waals surface area contributed by atoms with Crippen LogP contribution in [0.25, 0.3) is 0 Å². The first-order valence-corrected chi connectivity index (χ1v) is 12.2. The Morgan fingerprint density at radius 3 is 2.43 bits per heavy atom. The number of hydrogen-bond donors (Lipinski definition) is 1. The van der Waals surface area contributed by atoms with Crippen LogP contribution in [0.2, 0.25) is 5.02 Å². The second kappa shape index (κ2) is 10.2. The Kier molecular flexibility index (Phi) is 8.22. The maximum Gasteiger partial charge on any atom is 0.243 e. The number of rotatable bonds is 9. The predicted octanol–water partition coefficient (Wildman–Crippen LogP) is 3.85. The molecule has 152 valence electrons. The highest BCUT2D eigenvalue weighted by Gasteiger charge is 2.28. The number of carbonyl (C=O) groups excluding carboxylic acids is 1. The maximum absolute atomic E-state index is 12.5. The van der Waals surface area contributed by atoms with E-state index in [9.17, 15) is 13.2 Å². The molecule has 0 radical (unpaired) electrons. The highest BCUT2D eigenvalue weighted by molar-refractivity contribution is 7.98. The second-order valence-corrected chi connectivity index (χ2v) is 9.88. The molecular formula is C20H25ClN2O3S2. The summed E-state index contributed by atoms with van der Waals surface area (Å²) in [4.78, 5) is 12.5. The van der Waals surface area contributed by atoms with Gasteiger partial charge in [0.25, 0.3) is 0 Å². The molecule has 0 aliphatic carbocycles. The van der Waals surface area contributed by atoms with E-state index in [0.717, 1.165) is 22.1 Å². The lowest BCUT2D eigenvalue weighted by atomic mass is 10.1. The van der Waals surface area contributed by atoms with E-state index in [4.69, 9.17) is 11.6 Å². The largest absolute Gasteiger partial charge is 0.353 e. The first-order valence-electron chi connectivity index (χ1n) is 8.85. The second-order valence-electron chi connectivity index (χ2n) is 6.48. The zero-order chi connectivity index (χ0) is 20.7. The van der Waals surface area contributed by atoms with Crippen molar-refractivity contribution in [2.24, 2.45) is 0 Å². The van der Waals surface area contributed by atoms with Crippen LogP contribution in [0.3, 0.4) is 0 Å². The van der Waals surface area contributed by atoms with E-state index in [1.807, 2.05) is 12.1 Å². The van der Waals surface area contributed by atoms with Crippen LogP contribution in [-0.2, 0) is 20.6 Å². The van der Waals surface area contributed by atoms with Crippen molar-refractivity contribution >= 4 is 45.0 Å². The van der Waals surface area contributed by atoms with E-state index in [2.05, 4.69) is 24.4 Å². The van der Waals surface area contributed by atoms with Gasteiger partial charge in [-0.2, -0.15) is 11.8 Å². The topological polar surface area (TPSA) is 66.5 Å². The number of hydrogen-bond acceptors (Lipinski definition) is 4. The molecule has 0 fully saturated rings. The van der Waals surface area contributed by atoms with Gasteiger partial charge < -0.3 is 5.32 Å². The van der Waals surface area contributed by atoms with Gasteiger partial charge in [-0.05, 0) is 49.2 Å². The fraction of sp³-hybridized carbons (Fsp3) is 0.350. The van der Waals surface area contributed by atoms with Gasteiger partial charge in [0, 0.05) is 23.1 Å². The van der Waals surface area contributed by atoms with Gasteiger partial charge in [-0.1, -0.05) is 35.9 Å². The predicted molar refractivity (Wildman–Crippen MR) is 119 cm³/mol. The number of carbonyl (C=O) groups is 1. The summed E-state index contributed by atoms with van der Waals surface area (Å²) in [6.45, 7) is 4.12. The van der Waals surface area contributed by atoms with E-state index in [-0.39, 0.29) is 5.91 Å². The van der Waals surface area contributed by atoms with Gasteiger partial charge in [-0.15, -0.1) is 0 Å². The summed E-state index contributed by atoms with van der Waals surface area (Å²) < 4.78 is 25.6. The van der Waals surface area contributed by atoms with E-state index in [1.54, 1.807) is 43.0 Å². The average Bonchev–Trinajstić information content (AvgIpc) is 2.63. The van der Waals surface area contributed by atoms with Gasteiger partial charge in [0.05, 0.1) is 11.9 Å². The molecule has 5 nitrogen and oxygen atoms in total. The highest BCUT2D eigenvalue weighted by atomic mass is 35.5. The number of anilines is 1. The zero-order valence-corrected chi connectivity index (χ0v) is 18.6. The number of aryl methyl sites for hydroxylation is 1. The molecule has 1 N–H and O–H groups in total. The Morgan fingerprint density at radius 2 is 1.82 bits per heavy atom. The maximum atomic E-state index is 12.5. The van der Waals surface area contributed by atoms with Crippen LogP contribution < -0.4 is 9.62 Å². The normalized spacial score (nSPS) is 12.4. The molecule has 0 saturated heterocycles. The zero-order valence-electron chi connectivity index (χ0n) is 16.2. The lowest BCUT2D eigenvalue weighted by molar-refractivity contribution is -0.121. The fourth-order valence-corrected chi connectivity index (χ4v) is 4.98. The molecule has 0 aromatic heterocycles. The van der Waals surface area contributed by atoms with Crippen LogP contribution >= 0.6 is 23.4 Å². The summed E-state index contributed by atoms with van der Waals surface area (Å²) in [5.41, 5.74) is 2.93. The lowest BCUT2D eigenvalue weighted by Gasteiger charge is -2.28. The van der Waals surface area contributed by atoms with Gasteiger partial charge in [-0.3, -0.25) is 9.10 Å². The summed E-state index contributed by atoms with van der Waals surface area (Å²) >= 11 is 7.60. The fourth-order valence-electron chi connectivity index (χ4n) is 2.75. The quantitative estimate of drug-likeness (QED) is 0.601. The van der Waals surface area contributed by atoms with Crippen molar-refractivity contribution in [1.29, 1.82) is 0 Å². The molecule has 0 aliphatic rings. The van der Waals surface area contributed by atoms with Crippen LogP contribution in [0.15, 0.2) is 48.5 Å². The van der Waals surface area contributed by atoms with Crippen molar-refractivity contribution in [1.82, 2.24) is 5.32 Å². The number of benzene rings is 2. The Balaban J connectivity index is 1.90. The van der Waals surface area contributed by atoms with Gasteiger partial charge in [0.15, 0.2) is 0 Å². The van der Waals surface area contributed by atoms with E-state index >= 15 is 0 Å². The lowest BCUT2D eigenvalue weighted by Crippen LogP contribution is -2.48. The van der Waals surface area contributed by atoms with Crippen LogP contribution in [0.1, 0.15) is 18.1 Å². The van der Waals surface area contributed by atoms with Crippen molar-refractivity contribution < 1.29 is 13.2 Å². The van der Waals surface area contributed by atoms with E-state index in [1.165, 1.54) is 11.1 Å². The molecule has 0 aliphatic heterocycles. The minimum absolute atomic E-state index is 0.336. The van der Waals surface area contributed by atoms with Crippen LogP contribution in [0.5, 0.6) is 0 Å². The number of nitrogens with zero attached hydrogens (tertiary/aromatic N) is 1. The molecule has 0 bridgehead atoms. The third-order valence-electron chi connectivity index (χ3n) is 4.23. The minimum Gasteiger partial charge on any atom is -0.353 e. The molecule has 1 atom stereocenters. The number of thioether (sulfide) groups is 1. The summed E-state index contributed by atoms with van der Waals surface area (Å²) in [7, 11) is -3.63. The van der Waals surface area contributed by atoms with Crippen LogP contribution in [-0.4, -0.2) is 38.9 Å². The smallest absolute Gasteiger partial charge is 0.243 e. The van der Waals surface area contributed by atoms with Crippen molar-refractivity contribution in [2.75, 3.05) is 22.9 Å². The minimum atomic E-state index is -3.63. The number of halogens is 1. The number of nitrogens with one attached hydrogen (secondary N) is 1. The van der Waals surface area contributed by atoms with Crippen molar-refractivity contribution in [3.63, 3.8) is 0 Å². The van der Waals surface area contributed by atoms with Gasteiger partial charge >= 0.3 is 0 Å². The standard InChI is InChI=1S/C20H25ClN2O3S2/c1-15-6-4-5-7-17(15)14-27-13-12-22-20(24)16(2)23(28(3,25)26)19-10-8-18(21)9-11-19/h4-11,16H,12-14H2,1-3H3,(H,22,24). The van der Waals surface area contributed by atoms with Crippen LogP contribution in [0, 0.1) is 6.92 Å². The Labute approximate surface area is 176 Å². The monoisotopic (exact) mass is 440 g/mol. The van der Waals surface area contributed by atoms with Gasteiger partial charge in [-0.25, -0.2) is 8.42 Å². The number of sulfonamides is 1. The molecule has 2 aromatic carbocycles. The van der Waals surface area contributed by atoms with Crippen molar-refractivity contribution in [2.45, 2.75) is 25.6 Å². The van der Waals surface area contributed by atoms with Crippen LogP contribution in [0.4, 0.5) is 5.69 Å². The first-order chi connectivity index (χ1) is 13.2. The average molecular weight is 441 g/mol. The van der Waals surface area contributed by atoms with Crippen molar-refractivity contribution in [3.8, 4) is 0 Å². The Hall–Kier alpha value is -1.70. The number of amides is 1. The summed E-state index contributed by atoms with van der Waals surface area (Å²) in [5.74, 6) is 1.28. The Morgan fingerprint density at radius 1 is 1.18 bits per heavy atom. The van der Waals surface area contributed by atoms with Crippen molar-refractivity contribution in [3.05, 3.63) is 64.7 Å². The van der Waals surface area contributed by atoms with Gasteiger partial charge in [0.2, 0.25) is 15.9 Å². The summed E-state index contributed by atoms with van der Waals surface area (Å²) in [6, 6.07) is 13.7. The summed E-state index contributed by atoms with van der Waals surface area (Å²) in [5, 5.41) is 3.33. The molecule has 8 heteroatoms. The molecule has 2 rings (SSSR count). The molecule has 28 heavy (non-hydrogen) atoms. The van der Waals surface area contributed by atoms with E-state index < -0.39 is 16.1 Å². The first kappa shape index (κ1) is 22.6. The third kappa shape index (κ3) is 6.43. The molecule has 0 heterocycles. The van der Waals surface area contributed by atoms with E-state index in [0.29, 0.717) is 17.3 Å². The molecule has 0 spiro atoms. The molecule has 2 aromatic rings. The third-order valence-corrected chi connectivity index (χ3v) is 6.74. The Bertz CT molecular complexity index is 902. The highest BCUT2D eigenvalue weighted by Crippen LogP contribution is 2.23. The summed E-state index contributed by atoms with van der Waals surface area (Å²) in [6.07, 6.45) is 1.09. The van der Waals surface area contributed by atoms with Gasteiger partial charge in [0.1, 0.15) is 6.04 Å². The molecule has 1 unspecified atom stereocenters. The molecule has 0 saturated carbocycles.